The fourth-order valence-corrected chi connectivity index (χ4v) is 1.34. The number of hydrogen-bond acceptors (Lipinski definition) is 1. The van der Waals surface area contributed by atoms with Crippen molar-refractivity contribution in [1.82, 2.24) is 0 Å². The third-order valence-electron chi connectivity index (χ3n) is 1.57. The van der Waals surface area contributed by atoms with Gasteiger partial charge in [0.2, 0.25) is 0 Å². The Kier molecular flexibility index (Phi) is 3.09. The van der Waals surface area contributed by atoms with Crippen LogP contribution in [0.15, 0.2) is 24.3 Å². The van der Waals surface area contributed by atoms with Crippen molar-refractivity contribution in [2.75, 3.05) is 5.33 Å². The molecule has 11 heavy (non-hydrogen) atoms. The lowest BCUT2D eigenvalue weighted by Gasteiger charge is -2.06. The smallest absolute Gasteiger partial charge is 0.0886 e. The predicted molar refractivity (Wildman–Crippen MR) is 49.9 cm³/mol. The number of aryl methyl sites for hydroxylation is 1. The molecule has 1 rings (SSSR count). The first-order valence-corrected chi connectivity index (χ1v) is 4.67. The van der Waals surface area contributed by atoms with Crippen molar-refractivity contribution in [3.8, 4) is 0 Å². The summed E-state index contributed by atoms with van der Waals surface area (Å²) in [5.74, 6) is 0. The van der Waals surface area contributed by atoms with Crippen LogP contribution < -0.4 is 0 Å². The lowest BCUT2D eigenvalue weighted by atomic mass is 10.1. The van der Waals surface area contributed by atoms with E-state index in [9.17, 15) is 5.11 Å². The molecule has 0 aliphatic rings. The molecule has 0 bridgehead atoms. The Morgan fingerprint density at radius 3 is 2.82 bits per heavy atom. The average Bonchev–Trinajstić information content (AvgIpc) is 2.03. The van der Waals surface area contributed by atoms with Gasteiger partial charge in [0.25, 0.3) is 0 Å². The normalized spacial score (nSPS) is 13.0. The number of alkyl halides is 1. The van der Waals surface area contributed by atoms with Crippen molar-refractivity contribution in [3.63, 3.8) is 0 Å². The van der Waals surface area contributed by atoms with E-state index in [1.807, 2.05) is 31.2 Å². The molecule has 1 nitrogen and oxygen atoms in total. The van der Waals surface area contributed by atoms with Gasteiger partial charge in [-0.25, -0.2) is 0 Å². The molecular weight excluding hydrogens is 204 g/mol. The fraction of sp³-hybridized carbons (Fsp3) is 0.333. The van der Waals surface area contributed by atoms with Crippen LogP contribution in [0.1, 0.15) is 17.2 Å². The summed E-state index contributed by atoms with van der Waals surface area (Å²) in [6.07, 6.45) is -0.380. The molecule has 0 aliphatic heterocycles. The second-order valence-electron chi connectivity index (χ2n) is 2.58. The van der Waals surface area contributed by atoms with Gasteiger partial charge in [0.05, 0.1) is 6.10 Å². The van der Waals surface area contributed by atoms with Gasteiger partial charge < -0.3 is 5.11 Å². The van der Waals surface area contributed by atoms with Gasteiger partial charge >= 0.3 is 0 Å². The van der Waals surface area contributed by atoms with Gasteiger partial charge in [-0.05, 0) is 12.5 Å². The van der Waals surface area contributed by atoms with Crippen LogP contribution in [-0.2, 0) is 0 Å². The molecule has 1 N–H and O–H groups in total. The number of halogens is 1. The number of aliphatic hydroxyl groups is 1. The molecule has 0 spiro atoms. The van der Waals surface area contributed by atoms with Crippen molar-refractivity contribution >= 4 is 15.9 Å². The Labute approximate surface area is 75.2 Å². The number of hydrogen-bond donors (Lipinski definition) is 1. The lowest BCUT2D eigenvalue weighted by molar-refractivity contribution is 0.205. The van der Waals surface area contributed by atoms with Crippen LogP contribution in [0.25, 0.3) is 0 Å². The highest BCUT2D eigenvalue weighted by Gasteiger charge is 2.03. The van der Waals surface area contributed by atoms with Crippen molar-refractivity contribution < 1.29 is 5.11 Å². The highest BCUT2D eigenvalue weighted by molar-refractivity contribution is 9.09. The molecule has 1 aromatic rings. The van der Waals surface area contributed by atoms with Gasteiger partial charge in [-0.3, -0.25) is 0 Å². The van der Waals surface area contributed by atoms with Gasteiger partial charge in [0.15, 0.2) is 0 Å². The summed E-state index contributed by atoms with van der Waals surface area (Å²) in [5, 5.41) is 10.0. The number of aliphatic hydroxyl groups excluding tert-OH is 1. The maximum absolute atomic E-state index is 9.41. The van der Waals surface area contributed by atoms with E-state index in [4.69, 9.17) is 0 Å². The molecule has 2 heteroatoms. The van der Waals surface area contributed by atoms with Gasteiger partial charge in [0.1, 0.15) is 0 Å². The largest absolute Gasteiger partial charge is 0.388 e. The molecule has 0 aliphatic carbocycles. The minimum Gasteiger partial charge on any atom is -0.388 e. The van der Waals surface area contributed by atoms with Crippen LogP contribution >= 0.6 is 15.9 Å². The monoisotopic (exact) mass is 214 g/mol. The van der Waals surface area contributed by atoms with Crippen molar-refractivity contribution in [1.29, 1.82) is 0 Å². The molecule has 0 heterocycles. The Balaban J connectivity index is 2.86. The third-order valence-corrected chi connectivity index (χ3v) is 2.19. The molecule has 60 valence electrons. The Bertz CT molecular complexity index is 235. The summed E-state index contributed by atoms with van der Waals surface area (Å²) >= 11 is 3.23. The minimum atomic E-state index is -0.380. The van der Waals surface area contributed by atoms with Crippen LogP contribution in [-0.4, -0.2) is 10.4 Å². The van der Waals surface area contributed by atoms with Crippen LogP contribution in [0.2, 0.25) is 0 Å². The molecule has 0 fully saturated rings. The number of benzene rings is 1. The highest BCUT2D eigenvalue weighted by atomic mass is 79.9. The van der Waals surface area contributed by atoms with Crippen LogP contribution in [0.4, 0.5) is 0 Å². The molecular formula is C9H11BrO. The van der Waals surface area contributed by atoms with Crippen molar-refractivity contribution in [2.24, 2.45) is 0 Å². The average molecular weight is 215 g/mol. The SMILES string of the molecule is Cc1cccc([C@@H](O)CBr)c1. The quantitative estimate of drug-likeness (QED) is 0.751. The molecule has 0 aromatic heterocycles. The molecule has 1 atom stereocenters. The second kappa shape index (κ2) is 3.88. The molecule has 0 saturated heterocycles. The summed E-state index contributed by atoms with van der Waals surface area (Å²) in [7, 11) is 0. The summed E-state index contributed by atoms with van der Waals surface area (Å²) in [4.78, 5) is 0. The molecule has 0 saturated carbocycles. The Hall–Kier alpha value is -0.340. The zero-order chi connectivity index (χ0) is 8.27. The van der Waals surface area contributed by atoms with Crippen LogP contribution in [0.5, 0.6) is 0 Å². The summed E-state index contributed by atoms with van der Waals surface area (Å²) in [6, 6.07) is 7.89. The second-order valence-corrected chi connectivity index (χ2v) is 3.23. The summed E-state index contributed by atoms with van der Waals surface area (Å²) in [5.41, 5.74) is 2.16. The van der Waals surface area contributed by atoms with E-state index in [0.717, 1.165) is 5.56 Å². The fourth-order valence-electron chi connectivity index (χ4n) is 0.966. The summed E-state index contributed by atoms with van der Waals surface area (Å²) < 4.78 is 0. The maximum atomic E-state index is 9.41. The minimum absolute atomic E-state index is 0.380. The van der Waals surface area contributed by atoms with Gasteiger partial charge in [-0.2, -0.15) is 0 Å². The van der Waals surface area contributed by atoms with E-state index in [2.05, 4.69) is 15.9 Å². The third kappa shape index (κ3) is 2.31. The highest BCUT2D eigenvalue weighted by Crippen LogP contribution is 2.15. The topological polar surface area (TPSA) is 20.2 Å². The van der Waals surface area contributed by atoms with Gasteiger partial charge in [-0.1, -0.05) is 45.8 Å². The summed E-state index contributed by atoms with van der Waals surface area (Å²) in [6.45, 7) is 2.02. The Morgan fingerprint density at radius 1 is 1.55 bits per heavy atom. The van der Waals surface area contributed by atoms with E-state index < -0.39 is 0 Å². The lowest BCUT2D eigenvalue weighted by Crippen LogP contribution is -1.97. The van der Waals surface area contributed by atoms with Crippen molar-refractivity contribution in [2.45, 2.75) is 13.0 Å². The van der Waals surface area contributed by atoms with E-state index in [1.54, 1.807) is 0 Å². The molecule has 0 radical (unpaired) electrons. The molecule has 1 aromatic carbocycles. The van der Waals surface area contributed by atoms with E-state index in [1.165, 1.54) is 5.56 Å². The van der Waals surface area contributed by atoms with Crippen LogP contribution in [0, 0.1) is 6.92 Å². The molecule has 0 unspecified atom stereocenters. The standard InChI is InChI=1S/C9H11BrO/c1-7-3-2-4-8(5-7)9(11)6-10/h2-5,9,11H,6H2,1H3/t9-/m0/s1. The van der Waals surface area contributed by atoms with Crippen molar-refractivity contribution in [3.05, 3.63) is 35.4 Å². The zero-order valence-corrected chi connectivity index (χ0v) is 8.01. The van der Waals surface area contributed by atoms with Gasteiger partial charge in [0, 0.05) is 5.33 Å². The van der Waals surface area contributed by atoms with E-state index in [-0.39, 0.29) is 6.10 Å². The first-order valence-electron chi connectivity index (χ1n) is 3.54. The zero-order valence-electron chi connectivity index (χ0n) is 6.42. The predicted octanol–water partition coefficient (Wildman–Crippen LogP) is 2.42. The van der Waals surface area contributed by atoms with Gasteiger partial charge in [-0.15, -0.1) is 0 Å². The number of rotatable bonds is 2. The maximum Gasteiger partial charge on any atom is 0.0886 e. The van der Waals surface area contributed by atoms with E-state index >= 15 is 0 Å². The van der Waals surface area contributed by atoms with E-state index in [0.29, 0.717) is 5.33 Å². The first kappa shape index (κ1) is 8.75. The van der Waals surface area contributed by atoms with Crippen LogP contribution in [0.3, 0.4) is 0 Å². The Morgan fingerprint density at radius 2 is 2.27 bits per heavy atom. The first-order chi connectivity index (χ1) is 5.24. The molecule has 0 amide bonds.